The number of nitrogens with zero attached hydrogens (tertiary/aromatic N) is 1. The van der Waals surface area contributed by atoms with Crippen LogP contribution in [0, 0.1) is 0 Å². The Morgan fingerprint density at radius 3 is 2.31 bits per heavy atom. The van der Waals surface area contributed by atoms with E-state index in [1.54, 1.807) is 0 Å². The Morgan fingerprint density at radius 2 is 2.00 bits per heavy atom. The first-order chi connectivity index (χ1) is 7.55. The highest BCUT2D eigenvalue weighted by Gasteiger charge is 2.16. The molecule has 2 aliphatic rings. The third-order valence-electron chi connectivity index (χ3n) is 2.97. The molecule has 16 heavy (non-hydrogen) atoms. The molecule has 0 radical (unpaired) electrons. The lowest BCUT2D eigenvalue weighted by Gasteiger charge is -2.32. The molecule has 6 heteroatoms. The molecule has 3 N–H and O–H groups in total. The van der Waals surface area contributed by atoms with Gasteiger partial charge < -0.3 is 11.1 Å². The lowest BCUT2D eigenvalue weighted by molar-refractivity contribution is 0.174. The molecule has 0 spiro atoms. The fourth-order valence-electron chi connectivity index (χ4n) is 1.91. The molecule has 1 unspecified atom stereocenters. The summed E-state index contributed by atoms with van der Waals surface area (Å²) >= 11 is 0. The van der Waals surface area contributed by atoms with Crippen LogP contribution in [0.4, 0.5) is 0 Å². The minimum Gasteiger partial charge on any atom is -0.315 e. The van der Waals surface area contributed by atoms with E-state index in [4.69, 9.17) is 5.73 Å². The van der Waals surface area contributed by atoms with Gasteiger partial charge in [-0.3, -0.25) is 4.90 Å². The van der Waals surface area contributed by atoms with Crippen molar-refractivity contribution in [2.24, 2.45) is 5.73 Å². The highest BCUT2D eigenvalue weighted by atomic mass is 32.2. The van der Waals surface area contributed by atoms with Gasteiger partial charge in [-0.05, 0) is 19.4 Å². The first-order valence-electron chi connectivity index (χ1n) is 5.96. The van der Waals surface area contributed by atoms with E-state index in [0.29, 0.717) is 11.5 Å². The average molecular weight is 249 g/mol. The molecule has 0 aliphatic carbocycles. The number of hydrogen-bond donors (Lipinski definition) is 2. The summed E-state index contributed by atoms with van der Waals surface area (Å²) in [5.74, 6) is 0.847. The first-order valence-corrected chi connectivity index (χ1v) is 7.78. The number of likely N-dealkylation sites (N-methyl/N-ethyl adjacent to an activating group) is 1. The Bertz CT molecular complexity index is 280. The second-order valence-electron chi connectivity index (χ2n) is 4.26. The summed E-state index contributed by atoms with van der Waals surface area (Å²) in [6, 6.07) is 0. The average Bonchev–Trinajstić information content (AvgIpc) is 2.65. The van der Waals surface area contributed by atoms with Crippen LogP contribution in [0.15, 0.2) is 0 Å². The summed E-state index contributed by atoms with van der Waals surface area (Å²) in [4.78, 5) is 2.27. The Balaban J connectivity index is 0.000000165. The van der Waals surface area contributed by atoms with Crippen molar-refractivity contribution in [3.63, 3.8) is 0 Å². The van der Waals surface area contributed by atoms with E-state index in [9.17, 15) is 8.42 Å². The third kappa shape index (κ3) is 4.78. The summed E-state index contributed by atoms with van der Waals surface area (Å²) in [7, 11) is -2.55. The monoisotopic (exact) mass is 249 g/mol. The van der Waals surface area contributed by atoms with Crippen LogP contribution in [0.2, 0.25) is 0 Å². The lowest BCUT2D eigenvalue weighted by atomic mass is 10.3. The number of hydrogen-bond acceptors (Lipinski definition) is 5. The largest absolute Gasteiger partial charge is 0.315 e. The second-order valence-corrected chi connectivity index (χ2v) is 6.56. The van der Waals surface area contributed by atoms with E-state index in [1.165, 1.54) is 0 Å². The molecular formula is C10H23N3O2S. The van der Waals surface area contributed by atoms with Crippen molar-refractivity contribution in [2.45, 2.75) is 25.9 Å². The number of rotatable bonds is 1. The molecule has 2 aliphatic heterocycles. The first kappa shape index (κ1) is 13.9. The van der Waals surface area contributed by atoms with Gasteiger partial charge in [-0.2, -0.15) is 0 Å². The van der Waals surface area contributed by atoms with Gasteiger partial charge in [-0.1, -0.05) is 6.92 Å². The van der Waals surface area contributed by atoms with Crippen molar-refractivity contribution in [3.8, 4) is 0 Å². The van der Waals surface area contributed by atoms with Crippen molar-refractivity contribution in [1.29, 1.82) is 0 Å². The molecular weight excluding hydrogens is 226 g/mol. The van der Waals surface area contributed by atoms with Gasteiger partial charge in [0, 0.05) is 19.6 Å². The zero-order valence-corrected chi connectivity index (χ0v) is 10.8. The van der Waals surface area contributed by atoms with Gasteiger partial charge in [0.2, 0.25) is 0 Å². The van der Waals surface area contributed by atoms with Crippen molar-refractivity contribution < 1.29 is 8.42 Å². The van der Waals surface area contributed by atoms with Crippen molar-refractivity contribution >= 4 is 9.84 Å². The van der Waals surface area contributed by atoms with Crippen molar-refractivity contribution in [2.75, 3.05) is 37.7 Å². The minimum absolute atomic E-state index is 0.240. The SMILES string of the molecule is CCN1CCNCC1N.O=S1(=O)CCCC1. The van der Waals surface area contributed by atoms with E-state index in [0.717, 1.165) is 39.0 Å². The van der Waals surface area contributed by atoms with Crippen LogP contribution in [0.3, 0.4) is 0 Å². The van der Waals surface area contributed by atoms with Gasteiger partial charge in [0.1, 0.15) is 9.84 Å². The van der Waals surface area contributed by atoms with Crippen LogP contribution in [-0.4, -0.2) is 57.2 Å². The molecule has 5 nitrogen and oxygen atoms in total. The quantitative estimate of drug-likeness (QED) is 0.648. The van der Waals surface area contributed by atoms with E-state index < -0.39 is 9.84 Å². The fourth-order valence-corrected chi connectivity index (χ4v) is 3.40. The van der Waals surface area contributed by atoms with E-state index in [-0.39, 0.29) is 6.17 Å². The zero-order valence-electron chi connectivity index (χ0n) is 9.98. The Morgan fingerprint density at radius 1 is 1.38 bits per heavy atom. The normalized spacial score (nSPS) is 29.5. The summed E-state index contributed by atoms with van der Waals surface area (Å²) in [6.07, 6.45) is 1.99. The molecule has 2 fully saturated rings. The van der Waals surface area contributed by atoms with Crippen molar-refractivity contribution in [1.82, 2.24) is 10.2 Å². The van der Waals surface area contributed by atoms with Crippen molar-refractivity contribution in [3.05, 3.63) is 0 Å². The van der Waals surface area contributed by atoms with Crippen LogP contribution >= 0.6 is 0 Å². The van der Waals surface area contributed by atoms with Gasteiger partial charge in [-0.15, -0.1) is 0 Å². The zero-order chi connectivity index (χ0) is 12.0. The maximum Gasteiger partial charge on any atom is 0.150 e. The third-order valence-corrected chi connectivity index (χ3v) is 4.79. The molecule has 0 bridgehead atoms. The number of nitrogens with one attached hydrogen (secondary N) is 1. The second kappa shape index (κ2) is 6.54. The number of nitrogens with two attached hydrogens (primary N) is 1. The maximum absolute atomic E-state index is 10.4. The van der Waals surface area contributed by atoms with E-state index in [2.05, 4.69) is 17.1 Å². The standard InChI is InChI=1S/C6H15N3.C4H8O2S/c1-2-9-4-3-8-5-6(9)7;5-7(6)3-1-2-4-7/h6,8H,2-5,7H2,1H3;1-4H2. The van der Waals surface area contributed by atoms with Crippen LogP contribution in [0.25, 0.3) is 0 Å². The summed E-state index contributed by atoms with van der Waals surface area (Å²) in [6.45, 7) is 6.33. The summed E-state index contributed by atoms with van der Waals surface area (Å²) in [5, 5.41) is 3.23. The molecule has 0 aromatic carbocycles. The Kier molecular flexibility index (Phi) is 5.68. The molecule has 2 heterocycles. The van der Waals surface area contributed by atoms with E-state index >= 15 is 0 Å². The summed E-state index contributed by atoms with van der Waals surface area (Å²) in [5.41, 5.74) is 5.75. The molecule has 2 rings (SSSR count). The van der Waals surface area contributed by atoms with Gasteiger partial charge in [0.05, 0.1) is 17.7 Å². The van der Waals surface area contributed by atoms with Crippen LogP contribution < -0.4 is 11.1 Å². The molecule has 2 saturated heterocycles. The van der Waals surface area contributed by atoms with Gasteiger partial charge >= 0.3 is 0 Å². The molecule has 96 valence electrons. The molecule has 0 saturated carbocycles. The molecule has 1 atom stereocenters. The van der Waals surface area contributed by atoms with Gasteiger partial charge in [0.25, 0.3) is 0 Å². The summed E-state index contributed by atoms with van der Waals surface area (Å²) < 4.78 is 20.9. The fraction of sp³-hybridized carbons (Fsp3) is 1.00. The molecule has 0 aromatic rings. The van der Waals surface area contributed by atoms with Gasteiger partial charge in [0.15, 0.2) is 0 Å². The topological polar surface area (TPSA) is 75.4 Å². The molecule has 0 amide bonds. The predicted molar refractivity (Wildman–Crippen MR) is 66.0 cm³/mol. The maximum atomic E-state index is 10.4. The highest BCUT2D eigenvalue weighted by molar-refractivity contribution is 7.91. The highest BCUT2D eigenvalue weighted by Crippen LogP contribution is 2.08. The lowest BCUT2D eigenvalue weighted by Crippen LogP contribution is -2.55. The van der Waals surface area contributed by atoms with E-state index in [1.807, 2.05) is 0 Å². The Labute approximate surface area is 98.3 Å². The number of sulfone groups is 1. The Hall–Kier alpha value is -0.170. The molecule has 0 aromatic heterocycles. The minimum atomic E-state index is -2.55. The van der Waals surface area contributed by atoms with Crippen LogP contribution in [0.1, 0.15) is 19.8 Å². The number of piperazine rings is 1. The van der Waals surface area contributed by atoms with Gasteiger partial charge in [-0.25, -0.2) is 8.42 Å². The van der Waals surface area contributed by atoms with Crippen LogP contribution in [0.5, 0.6) is 0 Å². The predicted octanol–water partition coefficient (Wildman–Crippen LogP) is -0.609. The van der Waals surface area contributed by atoms with Crippen LogP contribution in [-0.2, 0) is 9.84 Å². The smallest absolute Gasteiger partial charge is 0.150 e.